The molecule has 4 rings (SSSR count). The second-order valence-corrected chi connectivity index (χ2v) is 6.11. The molecular formula is C19H20N4. The number of hydrogen-bond donors (Lipinski definition) is 1. The molecule has 1 saturated carbocycles. The highest BCUT2D eigenvalue weighted by Crippen LogP contribution is 2.27. The predicted molar refractivity (Wildman–Crippen MR) is 93.3 cm³/mol. The van der Waals surface area contributed by atoms with Crippen LogP contribution in [-0.2, 0) is 0 Å². The van der Waals surface area contributed by atoms with Gasteiger partial charge in [0.15, 0.2) is 5.82 Å². The Morgan fingerprint density at radius 2 is 1.70 bits per heavy atom. The summed E-state index contributed by atoms with van der Waals surface area (Å²) in [5, 5.41) is 4.74. The zero-order valence-corrected chi connectivity index (χ0v) is 13.1. The van der Waals surface area contributed by atoms with Crippen molar-refractivity contribution >= 4 is 16.7 Å². The molecular weight excluding hydrogens is 284 g/mol. The average molecular weight is 304 g/mol. The second kappa shape index (κ2) is 6.32. The lowest BCUT2D eigenvalue weighted by atomic mass is 9.95. The number of anilines is 1. The van der Waals surface area contributed by atoms with Crippen LogP contribution in [0.3, 0.4) is 0 Å². The second-order valence-electron chi connectivity index (χ2n) is 6.11. The molecule has 0 amide bonds. The van der Waals surface area contributed by atoms with Gasteiger partial charge < -0.3 is 5.32 Å². The molecule has 2 aromatic heterocycles. The Morgan fingerprint density at radius 1 is 0.870 bits per heavy atom. The molecule has 0 saturated heterocycles. The molecule has 4 heteroatoms. The van der Waals surface area contributed by atoms with E-state index in [9.17, 15) is 0 Å². The first kappa shape index (κ1) is 14.1. The van der Waals surface area contributed by atoms with Gasteiger partial charge in [-0.05, 0) is 37.1 Å². The number of aromatic nitrogens is 3. The largest absolute Gasteiger partial charge is 0.367 e. The molecule has 1 fully saturated rings. The number of nitrogens with zero attached hydrogens (tertiary/aromatic N) is 3. The fraction of sp³-hybridized carbons (Fsp3) is 0.316. The molecule has 1 aliphatic rings. The van der Waals surface area contributed by atoms with E-state index in [2.05, 4.69) is 21.4 Å². The zero-order chi connectivity index (χ0) is 15.5. The van der Waals surface area contributed by atoms with Gasteiger partial charge in [0.05, 0.1) is 5.52 Å². The molecule has 0 aliphatic heterocycles. The van der Waals surface area contributed by atoms with Crippen LogP contribution in [0.15, 0.2) is 48.7 Å². The molecule has 0 radical (unpaired) electrons. The molecule has 0 spiro atoms. The molecule has 23 heavy (non-hydrogen) atoms. The normalized spacial score (nSPS) is 15.7. The van der Waals surface area contributed by atoms with E-state index in [1.54, 1.807) is 6.20 Å². The number of hydrogen-bond acceptors (Lipinski definition) is 4. The molecule has 2 heterocycles. The van der Waals surface area contributed by atoms with Gasteiger partial charge in [0.2, 0.25) is 0 Å². The van der Waals surface area contributed by atoms with Gasteiger partial charge in [0.25, 0.3) is 0 Å². The molecule has 116 valence electrons. The topological polar surface area (TPSA) is 50.7 Å². The minimum absolute atomic E-state index is 0.513. The van der Waals surface area contributed by atoms with Crippen molar-refractivity contribution in [3.8, 4) is 11.5 Å². The van der Waals surface area contributed by atoms with Gasteiger partial charge in [-0.2, -0.15) is 0 Å². The summed E-state index contributed by atoms with van der Waals surface area (Å²) in [5.41, 5.74) is 1.77. The van der Waals surface area contributed by atoms with Crippen molar-refractivity contribution < 1.29 is 0 Å². The lowest BCUT2D eigenvalue weighted by molar-refractivity contribution is 0.462. The number of pyridine rings is 1. The van der Waals surface area contributed by atoms with Crippen LogP contribution >= 0.6 is 0 Å². The number of para-hydroxylation sites is 1. The van der Waals surface area contributed by atoms with E-state index in [-0.39, 0.29) is 0 Å². The lowest BCUT2D eigenvalue weighted by Gasteiger charge is -2.24. The number of rotatable bonds is 3. The monoisotopic (exact) mass is 304 g/mol. The van der Waals surface area contributed by atoms with Crippen molar-refractivity contribution in [2.45, 2.75) is 38.1 Å². The van der Waals surface area contributed by atoms with Gasteiger partial charge in [0.1, 0.15) is 11.5 Å². The number of nitrogens with one attached hydrogen (secondary N) is 1. The van der Waals surface area contributed by atoms with Crippen molar-refractivity contribution in [1.29, 1.82) is 0 Å². The summed E-state index contributed by atoms with van der Waals surface area (Å²) >= 11 is 0. The third-order valence-corrected chi connectivity index (χ3v) is 4.44. The van der Waals surface area contributed by atoms with Gasteiger partial charge in [-0.3, -0.25) is 4.98 Å². The molecule has 1 aliphatic carbocycles. The Balaban J connectivity index is 1.77. The van der Waals surface area contributed by atoms with E-state index in [0.717, 1.165) is 22.4 Å². The van der Waals surface area contributed by atoms with Crippen LogP contribution in [-0.4, -0.2) is 21.0 Å². The van der Waals surface area contributed by atoms with E-state index in [0.29, 0.717) is 11.9 Å². The van der Waals surface area contributed by atoms with Gasteiger partial charge in [-0.25, -0.2) is 9.97 Å². The molecule has 0 unspecified atom stereocenters. The van der Waals surface area contributed by atoms with Crippen LogP contribution in [0.4, 0.5) is 5.82 Å². The molecule has 0 atom stereocenters. The Bertz CT molecular complexity index is 795. The van der Waals surface area contributed by atoms with E-state index in [1.807, 2.05) is 36.4 Å². The Kier molecular flexibility index (Phi) is 3.88. The smallest absolute Gasteiger partial charge is 0.180 e. The summed E-state index contributed by atoms with van der Waals surface area (Å²) in [6.45, 7) is 0. The Morgan fingerprint density at radius 3 is 2.52 bits per heavy atom. The number of benzene rings is 1. The molecule has 0 bridgehead atoms. The van der Waals surface area contributed by atoms with Crippen molar-refractivity contribution in [2.75, 3.05) is 5.32 Å². The van der Waals surface area contributed by atoms with Crippen LogP contribution in [0.25, 0.3) is 22.4 Å². The van der Waals surface area contributed by atoms with E-state index >= 15 is 0 Å². The summed E-state index contributed by atoms with van der Waals surface area (Å²) in [6, 6.07) is 14.5. The molecule has 1 N–H and O–H groups in total. The van der Waals surface area contributed by atoms with Crippen LogP contribution < -0.4 is 5.32 Å². The minimum Gasteiger partial charge on any atom is -0.367 e. The van der Waals surface area contributed by atoms with E-state index < -0.39 is 0 Å². The standard InChI is InChI=1S/C19H20N4/c1-2-8-14(9-3-1)21-18-15-10-4-5-11-16(15)22-19(23-18)17-12-6-7-13-20-17/h4-7,10-14H,1-3,8-9H2,(H,21,22,23). The predicted octanol–water partition coefficient (Wildman–Crippen LogP) is 4.44. The molecule has 4 nitrogen and oxygen atoms in total. The fourth-order valence-corrected chi connectivity index (χ4v) is 3.24. The minimum atomic E-state index is 0.513. The maximum absolute atomic E-state index is 4.78. The summed E-state index contributed by atoms with van der Waals surface area (Å²) < 4.78 is 0. The maximum Gasteiger partial charge on any atom is 0.180 e. The van der Waals surface area contributed by atoms with Crippen molar-refractivity contribution in [1.82, 2.24) is 15.0 Å². The van der Waals surface area contributed by atoms with Gasteiger partial charge in [-0.1, -0.05) is 37.5 Å². The van der Waals surface area contributed by atoms with Gasteiger partial charge in [0, 0.05) is 17.6 Å². The summed E-state index contributed by atoms with van der Waals surface area (Å²) in [4.78, 5) is 13.9. The molecule has 3 aromatic rings. The van der Waals surface area contributed by atoms with Crippen LogP contribution in [0, 0.1) is 0 Å². The zero-order valence-electron chi connectivity index (χ0n) is 13.1. The first-order valence-electron chi connectivity index (χ1n) is 8.35. The van der Waals surface area contributed by atoms with Crippen molar-refractivity contribution in [2.24, 2.45) is 0 Å². The SMILES string of the molecule is c1ccc(-c2nc(NC3CCCCC3)c3ccccc3n2)nc1. The average Bonchev–Trinajstić information content (AvgIpc) is 2.63. The number of fused-ring (bicyclic) bond motifs is 1. The van der Waals surface area contributed by atoms with Gasteiger partial charge in [-0.15, -0.1) is 0 Å². The quantitative estimate of drug-likeness (QED) is 0.777. The van der Waals surface area contributed by atoms with Crippen LogP contribution in [0.2, 0.25) is 0 Å². The summed E-state index contributed by atoms with van der Waals surface area (Å²) in [6.07, 6.45) is 8.17. The van der Waals surface area contributed by atoms with Crippen molar-refractivity contribution in [3.63, 3.8) is 0 Å². The lowest BCUT2D eigenvalue weighted by Crippen LogP contribution is -2.23. The highest BCUT2D eigenvalue weighted by molar-refractivity contribution is 5.90. The maximum atomic E-state index is 4.78. The fourth-order valence-electron chi connectivity index (χ4n) is 3.24. The van der Waals surface area contributed by atoms with E-state index in [4.69, 9.17) is 4.98 Å². The van der Waals surface area contributed by atoms with Gasteiger partial charge >= 0.3 is 0 Å². The van der Waals surface area contributed by atoms with E-state index in [1.165, 1.54) is 32.1 Å². The highest BCUT2D eigenvalue weighted by atomic mass is 15.1. The first-order valence-corrected chi connectivity index (χ1v) is 8.35. The summed E-state index contributed by atoms with van der Waals surface area (Å²) in [5.74, 6) is 1.62. The molecule has 1 aromatic carbocycles. The van der Waals surface area contributed by atoms with Crippen LogP contribution in [0.5, 0.6) is 0 Å². The van der Waals surface area contributed by atoms with Crippen molar-refractivity contribution in [3.05, 3.63) is 48.7 Å². The highest BCUT2D eigenvalue weighted by Gasteiger charge is 2.16. The summed E-state index contributed by atoms with van der Waals surface area (Å²) in [7, 11) is 0. The first-order chi connectivity index (χ1) is 11.4. The third kappa shape index (κ3) is 3.02. The Hall–Kier alpha value is -2.49. The Labute approximate surface area is 136 Å². The third-order valence-electron chi connectivity index (χ3n) is 4.44. The van der Waals surface area contributed by atoms with Crippen LogP contribution in [0.1, 0.15) is 32.1 Å².